The lowest BCUT2D eigenvalue weighted by molar-refractivity contribution is -0.184. The van der Waals surface area contributed by atoms with E-state index in [1.165, 1.54) is 0 Å². The van der Waals surface area contributed by atoms with E-state index in [4.69, 9.17) is 4.42 Å². The number of alkyl halides is 3. The van der Waals surface area contributed by atoms with Gasteiger partial charge in [0, 0.05) is 24.0 Å². The summed E-state index contributed by atoms with van der Waals surface area (Å²) in [6.07, 6.45) is -4.08. The van der Waals surface area contributed by atoms with E-state index in [0.717, 1.165) is 10.3 Å². The molecule has 3 rings (SSSR count). The van der Waals surface area contributed by atoms with E-state index < -0.39 is 30.6 Å². The Morgan fingerprint density at radius 2 is 1.96 bits per heavy atom. The lowest BCUT2D eigenvalue weighted by atomic mass is 9.98. The molecule has 0 aliphatic carbocycles. The van der Waals surface area contributed by atoms with Gasteiger partial charge in [-0.3, -0.25) is 10.2 Å². The SMILES string of the molecule is Cc1c(C(=O)NNC(=O)N2CCCC(C(F)(F)F)C2)oc2ccccc12. The van der Waals surface area contributed by atoms with Crippen LogP contribution in [0.4, 0.5) is 18.0 Å². The number of hydrazine groups is 1. The predicted octanol–water partition coefficient (Wildman–Crippen LogP) is 3.37. The highest BCUT2D eigenvalue weighted by Gasteiger charge is 2.42. The third-order valence-corrected chi connectivity index (χ3v) is 4.50. The van der Waals surface area contributed by atoms with Crippen molar-refractivity contribution in [2.45, 2.75) is 25.9 Å². The molecule has 9 heteroatoms. The topological polar surface area (TPSA) is 74.6 Å². The number of fused-ring (bicyclic) bond motifs is 1. The van der Waals surface area contributed by atoms with Crippen molar-refractivity contribution in [3.8, 4) is 0 Å². The molecule has 1 atom stereocenters. The lowest BCUT2D eigenvalue weighted by Gasteiger charge is -2.33. The van der Waals surface area contributed by atoms with Gasteiger partial charge in [0.05, 0.1) is 5.92 Å². The minimum absolute atomic E-state index is 0.00216. The van der Waals surface area contributed by atoms with Crippen LogP contribution in [0.5, 0.6) is 0 Å². The summed E-state index contributed by atoms with van der Waals surface area (Å²) in [5.41, 5.74) is 5.50. The van der Waals surface area contributed by atoms with Gasteiger partial charge in [-0.1, -0.05) is 18.2 Å². The summed E-state index contributed by atoms with van der Waals surface area (Å²) in [4.78, 5) is 25.3. The molecular weight excluding hydrogens is 351 g/mol. The zero-order valence-corrected chi connectivity index (χ0v) is 14.0. The minimum Gasteiger partial charge on any atom is -0.451 e. The molecule has 1 aliphatic rings. The lowest BCUT2D eigenvalue weighted by Crippen LogP contribution is -2.53. The summed E-state index contributed by atoms with van der Waals surface area (Å²) >= 11 is 0. The molecule has 1 aliphatic heterocycles. The second-order valence-corrected chi connectivity index (χ2v) is 6.26. The van der Waals surface area contributed by atoms with Gasteiger partial charge in [-0.15, -0.1) is 0 Å². The molecule has 2 aromatic rings. The largest absolute Gasteiger partial charge is 0.451 e. The fourth-order valence-electron chi connectivity index (χ4n) is 3.07. The fourth-order valence-corrected chi connectivity index (χ4v) is 3.07. The number of likely N-dealkylation sites (tertiary alicyclic amines) is 1. The number of carbonyl (C=O) groups excluding carboxylic acids is 2. The van der Waals surface area contributed by atoms with Crippen molar-refractivity contribution in [1.82, 2.24) is 15.8 Å². The third-order valence-electron chi connectivity index (χ3n) is 4.50. The molecule has 0 bridgehead atoms. The number of furan rings is 1. The van der Waals surface area contributed by atoms with Gasteiger partial charge in [0.1, 0.15) is 5.58 Å². The second kappa shape index (κ2) is 6.89. The summed E-state index contributed by atoms with van der Waals surface area (Å²) in [6, 6.07) is 6.31. The van der Waals surface area contributed by atoms with Crippen LogP contribution in [-0.4, -0.2) is 36.1 Å². The summed E-state index contributed by atoms with van der Waals surface area (Å²) in [6.45, 7) is 1.49. The maximum atomic E-state index is 12.8. The molecule has 0 radical (unpaired) electrons. The van der Waals surface area contributed by atoms with Crippen molar-refractivity contribution >= 4 is 22.9 Å². The van der Waals surface area contributed by atoms with Crippen LogP contribution in [0.3, 0.4) is 0 Å². The van der Waals surface area contributed by atoms with Gasteiger partial charge >= 0.3 is 18.1 Å². The second-order valence-electron chi connectivity index (χ2n) is 6.26. The van der Waals surface area contributed by atoms with E-state index in [1.54, 1.807) is 25.1 Å². The van der Waals surface area contributed by atoms with Crippen molar-refractivity contribution in [2.24, 2.45) is 5.92 Å². The molecule has 2 heterocycles. The zero-order chi connectivity index (χ0) is 18.9. The normalized spacial score (nSPS) is 18.0. The Balaban J connectivity index is 1.62. The molecule has 1 aromatic heterocycles. The Bertz CT molecular complexity index is 832. The van der Waals surface area contributed by atoms with Crippen LogP contribution in [-0.2, 0) is 0 Å². The van der Waals surface area contributed by atoms with E-state index >= 15 is 0 Å². The fraction of sp³-hybridized carbons (Fsp3) is 0.412. The maximum absolute atomic E-state index is 12.8. The Morgan fingerprint density at radius 3 is 2.65 bits per heavy atom. The molecule has 140 valence electrons. The highest BCUT2D eigenvalue weighted by atomic mass is 19.4. The van der Waals surface area contributed by atoms with Crippen LogP contribution in [0.25, 0.3) is 11.0 Å². The van der Waals surface area contributed by atoms with Crippen LogP contribution >= 0.6 is 0 Å². The number of hydrogen-bond donors (Lipinski definition) is 2. The molecule has 1 unspecified atom stereocenters. The quantitative estimate of drug-likeness (QED) is 0.757. The van der Waals surface area contributed by atoms with Crippen molar-refractivity contribution in [3.63, 3.8) is 0 Å². The van der Waals surface area contributed by atoms with Gasteiger partial charge < -0.3 is 9.32 Å². The molecule has 2 N–H and O–H groups in total. The first-order valence-electron chi connectivity index (χ1n) is 8.17. The van der Waals surface area contributed by atoms with Gasteiger partial charge in [0.2, 0.25) is 0 Å². The van der Waals surface area contributed by atoms with Gasteiger partial charge in [-0.25, -0.2) is 10.2 Å². The number of rotatable bonds is 1. The van der Waals surface area contributed by atoms with Crippen LogP contribution in [0.1, 0.15) is 29.0 Å². The first-order valence-corrected chi connectivity index (χ1v) is 8.17. The molecular formula is C17H18F3N3O3. The van der Waals surface area contributed by atoms with Crippen molar-refractivity contribution in [2.75, 3.05) is 13.1 Å². The average molecular weight is 369 g/mol. The van der Waals surface area contributed by atoms with Gasteiger partial charge in [0.25, 0.3) is 0 Å². The number of benzene rings is 1. The Morgan fingerprint density at radius 1 is 1.23 bits per heavy atom. The number of amides is 3. The van der Waals surface area contributed by atoms with Gasteiger partial charge in [-0.2, -0.15) is 13.2 Å². The van der Waals surface area contributed by atoms with E-state index in [9.17, 15) is 22.8 Å². The molecule has 6 nitrogen and oxygen atoms in total. The number of piperidine rings is 1. The monoisotopic (exact) mass is 369 g/mol. The summed E-state index contributed by atoms with van der Waals surface area (Å²) in [5, 5.41) is 0.771. The number of hydrogen-bond acceptors (Lipinski definition) is 3. The number of para-hydroxylation sites is 1. The third kappa shape index (κ3) is 3.61. The number of urea groups is 1. The van der Waals surface area contributed by atoms with Crippen molar-refractivity contribution < 1.29 is 27.2 Å². The molecule has 1 aromatic carbocycles. The van der Waals surface area contributed by atoms with Gasteiger partial charge in [0.15, 0.2) is 5.76 Å². The van der Waals surface area contributed by atoms with E-state index in [-0.39, 0.29) is 25.1 Å². The summed E-state index contributed by atoms with van der Waals surface area (Å²) < 4.78 is 43.9. The standard InChI is InChI=1S/C17H18F3N3O3/c1-10-12-6-2-3-7-13(12)26-14(10)15(24)21-22-16(25)23-8-4-5-11(9-23)17(18,19)20/h2-3,6-7,11H,4-5,8-9H2,1H3,(H,21,24)(H,22,25). The molecule has 26 heavy (non-hydrogen) atoms. The number of carbonyl (C=O) groups is 2. The van der Waals surface area contributed by atoms with Crippen molar-refractivity contribution in [1.29, 1.82) is 0 Å². The predicted molar refractivity (Wildman–Crippen MR) is 87.3 cm³/mol. The van der Waals surface area contributed by atoms with Gasteiger partial charge in [-0.05, 0) is 25.8 Å². The molecule has 0 spiro atoms. The highest BCUT2D eigenvalue weighted by molar-refractivity contribution is 5.99. The highest BCUT2D eigenvalue weighted by Crippen LogP contribution is 2.33. The first kappa shape index (κ1) is 18.1. The molecule has 0 saturated carbocycles. The van der Waals surface area contributed by atoms with E-state index in [0.29, 0.717) is 11.1 Å². The summed E-state index contributed by atoms with van der Waals surface area (Å²) in [7, 11) is 0. The summed E-state index contributed by atoms with van der Waals surface area (Å²) in [5.74, 6) is -2.18. The number of aryl methyl sites for hydroxylation is 1. The van der Waals surface area contributed by atoms with Crippen LogP contribution < -0.4 is 10.9 Å². The van der Waals surface area contributed by atoms with E-state index in [2.05, 4.69) is 10.9 Å². The zero-order valence-electron chi connectivity index (χ0n) is 14.0. The smallest absolute Gasteiger partial charge is 0.393 e. The molecule has 1 fully saturated rings. The molecule has 3 amide bonds. The Kier molecular flexibility index (Phi) is 4.80. The minimum atomic E-state index is -4.34. The Labute approximate surface area is 147 Å². The first-order chi connectivity index (χ1) is 12.3. The maximum Gasteiger partial charge on any atom is 0.393 e. The average Bonchev–Trinajstić information content (AvgIpc) is 2.96. The number of nitrogens with zero attached hydrogens (tertiary/aromatic N) is 1. The van der Waals surface area contributed by atoms with Crippen LogP contribution in [0, 0.1) is 12.8 Å². The van der Waals surface area contributed by atoms with E-state index in [1.807, 2.05) is 6.07 Å². The van der Waals surface area contributed by atoms with Crippen molar-refractivity contribution in [3.05, 3.63) is 35.6 Å². The number of nitrogens with one attached hydrogen (secondary N) is 2. The van der Waals surface area contributed by atoms with Crippen LogP contribution in [0.2, 0.25) is 0 Å². The van der Waals surface area contributed by atoms with Crippen LogP contribution in [0.15, 0.2) is 28.7 Å². The molecule has 1 saturated heterocycles. The number of halogens is 3. The Hall–Kier alpha value is -2.71.